The normalized spacial score (nSPS) is 10.6. The molecule has 1 N–H and O–H groups in total. The molecule has 0 aliphatic rings. The van der Waals surface area contributed by atoms with Crippen molar-refractivity contribution in [3.8, 4) is 11.4 Å². The first kappa shape index (κ1) is 20.6. The summed E-state index contributed by atoms with van der Waals surface area (Å²) in [5, 5.41) is 11.7. The minimum absolute atomic E-state index is 0.0865. The predicted molar refractivity (Wildman–Crippen MR) is 116 cm³/mol. The first-order valence-electron chi connectivity index (χ1n) is 8.98. The van der Waals surface area contributed by atoms with E-state index < -0.39 is 5.82 Å². The number of halogens is 1. The molecule has 0 atom stereocenters. The quantitative estimate of drug-likeness (QED) is 0.447. The number of carbonyl (C=O) groups excluding carboxylic acids is 1. The maximum absolute atomic E-state index is 13.7. The lowest BCUT2D eigenvalue weighted by Gasteiger charge is -2.13. The first-order chi connectivity index (χ1) is 14.0. The highest BCUT2D eigenvalue weighted by molar-refractivity contribution is 7.99. The van der Waals surface area contributed by atoms with Gasteiger partial charge < -0.3 is 10.2 Å². The number of thioether (sulfide) groups is 1. The molecule has 0 unspecified atom stereocenters. The Bertz CT molecular complexity index is 1000. The number of benzene rings is 2. The maximum Gasteiger partial charge on any atom is 0.234 e. The van der Waals surface area contributed by atoms with Gasteiger partial charge in [-0.25, -0.2) is 4.39 Å². The summed E-state index contributed by atoms with van der Waals surface area (Å²) in [6, 6.07) is 14.1. The number of hydrogen-bond acceptors (Lipinski definition) is 5. The lowest BCUT2D eigenvalue weighted by molar-refractivity contribution is -0.113. The summed E-state index contributed by atoms with van der Waals surface area (Å²) in [5.41, 5.74) is 2.17. The molecule has 0 saturated heterocycles. The van der Waals surface area contributed by atoms with Gasteiger partial charge in [-0.1, -0.05) is 30.0 Å². The molecule has 3 rings (SSSR count). The van der Waals surface area contributed by atoms with Crippen LogP contribution in [-0.2, 0) is 11.3 Å². The molecular weight excluding hydrogens is 389 g/mol. The Morgan fingerprint density at radius 1 is 1.21 bits per heavy atom. The van der Waals surface area contributed by atoms with Crippen molar-refractivity contribution >= 4 is 29.0 Å². The van der Waals surface area contributed by atoms with Crippen LogP contribution in [0.5, 0.6) is 0 Å². The molecule has 0 spiro atoms. The summed E-state index contributed by atoms with van der Waals surface area (Å²) in [6.45, 7) is 4.31. The van der Waals surface area contributed by atoms with Gasteiger partial charge in [-0.3, -0.25) is 9.36 Å². The number of para-hydroxylation sites is 1. The Morgan fingerprint density at radius 3 is 2.59 bits per heavy atom. The fourth-order valence-electron chi connectivity index (χ4n) is 2.69. The Kier molecular flexibility index (Phi) is 6.66. The van der Waals surface area contributed by atoms with Crippen LogP contribution >= 0.6 is 11.8 Å². The average Bonchev–Trinajstić information content (AvgIpc) is 3.11. The van der Waals surface area contributed by atoms with Gasteiger partial charge in [0.15, 0.2) is 11.0 Å². The molecule has 0 bridgehead atoms. The second kappa shape index (κ2) is 9.38. The van der Waals surface area contributed by atoms with Crippen molar-refractivity contribution in [3.05, 3.63) is 67.0 Å². The van der Waals surface area contributed by atoms with Crippen molar-refractivity contribution in [2.45, 2.75) is 11.7 Å². The zero-order chi connectivity index (χ0) is 20.8. The third-order valence-corrected chi connectivity index (χ3v) is 5.12. The van der Waals surface area contributed by atoms with Gasteiger partial charge in [-0.2, -0.15) is 0 Å². The van der Waals surface area contributed by atoms with Crippen LogP contribution in [0.15, 0.2) is 66.3 Å². The Balaban J connectivity index is 1.73. The van der Waals surface area contributed by atoms with E-state index in [0.29, 0.717) is 17.5 Å². The summed E-state index contributed by atoms with van der Waals surface area (Å²) < 4.78 is 15.6. The van der Waals surface area contributed by atoms with Crippen molar-refractivity contribution in [1.82, 2.24) is 14.8 Å². The molecule has 0 aliphatic carbocycles. The molecule has 8 heteroatoms. The third kappa shape index (κ3) is 5.03. The largest absolute Gasteiger partial charge is 0.378 e. The molecule has 0 saturated carbocycles. The summed E-state index contributed by atoms with van der Waals surface area (Å²) in [5.74, 6) is 0.00453. The zero-order valence-corrected chi connectivity index (χ0v) is 17.1. The summed E-state index contributed by atoms with van der Waals surface area (Å²) >= 11 is 1.24. The summed E-state index contributed by atoms with van der Waals surface area (Å²) in [4.78, 5) is 14.2. The summed E-state index contributed by atoms with van der Waals surface area (Å²) in [7, 11) is 3.96. The van der Waals surface area contributed by atoms with Crippen LogP contribution in [-0.4, -0.2) is 40.5 Å². The van der Waals surface area contributed by atoms with Gasteiger partial charge in [-0.05, 0) is 36.4 Å². The molecular formula is C21H22FN5OS. The Hall–Kier alpha value is -3.13. The molecule has 0 radical (unpaired) electrons. The molecule has 1 heterocycles. The van der Waals surface area contributed by atoms with E-state index in [1.807, 2.05) is 47.8 Å². The van der Waals surface area contributed by atoms with Crippen molar-refractivity contribution < 1.29 is 9.18 Å². The molecule has 2 aromatic carbocycles. The van der Waals surface area contributed by atoms with Crippen molar-refractivity contribution in [3.63, 3.8) is 0 Å². The Morgan fingerprint density at radius 2 is 1.93 bits per heavy atom. The van der Waals surface area contributed by atoms with Crippen molar-refractivity contribution in [2.24, 2.45) is 0 Å². The zero-order valence-electron chi connectivity index (χ0n) is 16.3. The number of nitrogens with one attached hydrogen (secondary N) is 1. The van der Waals surface area contributed by atoms with Gasteiger partial charge in [0.2, 0.25) is 5.91 Å². The van der Waals surface area contributed by atoms with Crippen molar-refractivity contribution in [1.29, 1.82) is 0 Å². The lowest BCUT2D eigenvalue weighted by atomic mass is 10.2. The van der Waals surface area contributed by atoms with Gasteiger partial charge in [0.25, 0.3) is 0 Å². The van der Waals surface area contributed by atoms with Crippen molar-refractivity contribution in [2.75, 3.05) is 30.1 Å². The standard InChI is InChI=1S/C21H22FN5OS/c1-4-13-27-20(15-9-11-16(12-10-15)26(2)3)24-25-21(27)29-14-19(28)23-18-8-6-5-7-17(18)22/h4-12H,1,13-14H2,2-3H3,(H,23,28). The predicted octanol–water partition coefficient (Wildman–Crippen LogP) is 4.07. The molecule has 0 fully saturated rings. The molecule has 1 amide bonds. The van der Waals surface area contributed by atoms with E-state index in [4.69, 9.17) is 0 Å². The average molecular weight is 412 g/mol. The fraction of sp³-hybridized carbons (Fsp3) is 0.190. The van der Waals surface area contributed by atoms with Crippen LogP contribution < -0.4 is 10.2 Å². The van der Waals surface area contributed by atoms with Gasteiger partial charge in [-0.15, -0.1) is 16.8 Å². The number of aromatic nitrogens is 3. The molecule has 1 aromatic heterocycles. The number of nitrogens with zero attached hydrogens (tertiary/aromatic N) is 4. The Labute approximate surface area is 173 Å². The van der Waals surface area contributed by atoms with E-state index in [1.54, 1.807) is 18.2 Å². The minimum Gasteiger partial charge on any atom is -0.378 e. The second-order valence-electron chi connectivity index (χ2n) is 6.46. The van der Waals surface area contributed by atoms with Gasteiger partial charge >= 0.3 is 0 Å². The fourth-order valence-corrected chi connectivity index (χ4v) is 3.44. The number of allylic oxidation sites excluding steroid dienone is 1. The van der Waals surface area contributed by atoms with E-state index >= 15 is 0 Å². The van der Waals surface area contributed by atoms with Crippen LogP contribution in [0.1, 0.15) is 0 Å². The van der Waals surface area contributed by atoms with E-state index in [-0.39, 0.29) is 17.3 Å². The smallest absolute Gasteiger partial charge is 0.234 e. The van der Waals surface area contributed by atoms with Crippen LogP contribution in [0, 0.1) is 5.82 Å². The highest BCUT2D eigenvalue weighted by Crippen LogP contribution is 2.26. The first-order valence-corrected chi connectivity index (χ1v) is 9.97. The number of amides is 1. The maximum atomic E-state index is 13.7. The highest BCUT2D eigenvalue weighted by atomic mass is 32.2. The third-order valence-electron chi connectivity index (χ3n) is 4.15. The second-order valence-corrected chi connectivity index (χ2v) is 7.41. The van der Waals surface area contributed by atoms with E-state index in [1.165, 1.54) is 23.9 Å². The molecule has 6 nitrogen and oxygen atoms in total. The highest BCUT2D eigenvalue weighted by Gasteiger charge is 2.15. The van der Waals surface area contributed by atoms with E-state index in [0.717, 1.165) is 11.3 Å². The summed E-state index contributed by atoms with van der Waals surface area (Å²) in [6.07, 6.45) is 1.75. The van der Waals surface area contributed by atoms with E-state index in [9.17, 15) is 9.18 Å². The number of carbonyl (C=O) groups is 1. The lowest BCUT2D eigenvalue weighted by Crippen LogP contribution is -2.15. The molecule has 29 heavy (non-hydrogen) atoms. The topological polar surface area (TPSA) is 63.1 Å². The molecule has 3 aromatic rings. The number of hydrogen-bond donors (Lipinski definition) is 1. The monoisotopic (exact) mass is 411 g/mol. The van der Waals surface area contributed by atoms with Crippen LogP contribution in [0.3, 0.4) is 0 Å². The van der Waals surface area contributed by atoms with Gasteiger partial charge in [0, 0.05) is 31.9 Å². The van der Waals surface area contributed by atoms with Crippen LogP contribution in [0.4, 0.5) is 15.8 Å². The number of anilines is 2. The SMILES string of the molecule is C=CCn1c(SCC(=O)Nc2ccccc2F)nnc1-c1ccc(N(C)C)cc1. The minimum atomic E-state index is -0.468. The molecule has 0 aliphatic heterocycles. The van der Waals surface area contributed by atoms with Gasteiger partial charge in [0.1, 0.15) is 5.82 Å². The van der Waals surface area contributed by atoms with Crippen LogP contribution in [0.2, 0.25) is 0 Å². The van der Waals surface area contributed by atoms with E-state index in [2.05, 4.69) is 22.1 Å². The molecule has 150 valence electrons. The van der Waals surface area contributed by atoms with Gasteiger partial charge in [0.05, 0.1) is 11.4 Å². The number of rotatable bonds is 8. The van der Waals surface area contributed by atoms with Crippen LogP contribution in [0.25, 0.3) is 11.4 Å².